The zero-order chi connectivity index (χ0) is 20.9. The predicted molar refractivity (Wildman–Crippen MR) is 118 cm³/mol. The number of rotatable bonds is 6. The van der Waals surface area contributed by atoms with Crippen molar-refractivity contribution in [2.24, 2.45) is 5.10 Å². The number of fused-ring (bicyclic) bond motifs is 2. The average molecular weight is 400 g/mol. The third-order valence-electron chi connectivity index (χ3n) is 5.35. The first-order valence-electron chi connectivity index (χ1n) is 10.2. The van der Waals surface area contributed by atoms with Crippen molar-refractivity contribution in [1.29, 1.82) is 0 Å². The molecule has 0 saturated heterocycles. The lowest BCUT2D eigenvalue weighted by Crippen LogP contribution is -2.39. The van der Waals surface area contributed by atoms with Gasteiger partial charge in [-0.3, -0.25) is 10.2 Å². The molecule has 0 aliphatic heterocycles. The zero-order valence-corrected chi connectivity index (χ0v) is 16.9. The molecule has 0 saturated carbocycles. The second-order valence-corrected chi connectivity index (χ2v) is 7.38. The molecule has 0 fully saturated rings. The molecule has 0 heterocycles. The Kier molecular flexibility index (Phi) is 5.89. The first kappa shape index (κ1) is 19.8. The number of carbonyl (C=O) groups excluding carboxylic acids is 2. The number of Topliss-reactive ketones (excluding diaryl/α,β-unsaturated/α-hetero) is 1. The van der Waals surface area contributed by atoms with Gasteiger partial charge in [-0.25, -0.2) is 4.79 Å². The summed E-state index contributed by atoms with van der Waals surface area (Å²) < 4.78 is 5.19. The molecule has 30 heavy (non-hydrogen) atoms. The fourth-order valence-corrected chi connectivity index (χ4v) is 3.79. The highest BCUT2D eigenvalue weighted by Crippen LogP contribution is 2.21. The number of benzene rings is 3. The molecule has 1 aliphatic carbocycles. The van der Waals surface area contributed by atoms with Gasteiger partial charge in [-0.05, 0) is 41.7 Å². The monoisotopic (exact) mass is 400 g/mol. The minimum Gasteiger partial charge on any atom is -0.461 e. The van der Waals surface area contributed by atoms with E-state index in [0.29, 0.717) is 12.8 Å². The molecule has 3 aromatic rings. The quantitative estimate of drug-likeness (QED) is 0.384. The normalized spacial score (nSPS) is 16.2. The number of nitrogens with one attached hydrogen (secondary N) is 1. The first-order valence-corrected chi connectivity index (χ1v) is 10.2. The summed E-state index contributed by atoms with van der Waals surface area (Å²) in [6, 6.07) is 21.3. The van der Waals surface area contributed by atoms with E-state index in [2.05, 4.69) is 10.5 Å². The predicted octanol–water partition coefficient (Wildman–Crippen LogP) is 4.09. The summed E-state index contributed by atoms with van der Waals surface area (Å²) in [5, 5.41) is 6.58. The molecule has 1 N–H and O–H groups in total. The molecule has 5 heteroatoms. The van der Waals surface area contributed by atoms with Crippen LogP contribution in [0, 0.1) is 0 Å². The largest absolute Gasteiger partial charge is 0.461 e. The number of hydrogen-bond donors (Lipinski definition) is 1. The maximum Gasteiger partial charge on any atom is 0.354 e. The van der Waals surface area contributed by atoms with E-state index in [9.17, 15) is 9.59 Å². The van der Waals surface area contributed by atoms with Gasteiger partial charge in [-0.15, -0.1) is 0 Å². The molecule has 5 nitrogen and oxygen atoms in total. The Morgan fingerprint density at radius 1 is 1.07 bits per heavy atom. The van der Waals surface area contributed by atoms with Crippen LogP contribution in [0.15, 0.2) is 71.8 Å². The summed E-state index contributed by atoms with van der Waals surface area (Å²) in [7, 11) is 0. The van der Waals surface area contributed by atoms with Gasteiger partial charge in [0.15, 0.2) is 5.78 Å². The summed E-state index contributed by atoms with van der Waals surface area (Å²) in [5.74, 6) is -0.462. The number of carbonyl (C=O) groups is 2. The van der Waals surface area contributed by atoms with Crippen molar-refractivity contribution < 1.29 is 14.3 Å². The van der Waals surface area contributed by atoms with E-state index in [1.807, 2.05) is 66.7 Å². The third kappa shape index (κ3) is 4.25. The van der Waals surface area contributed by atoms with Crippen LogP contribution in [-0.4, -0.2) is 30.1 Å². The van der Waals surface area contributed by atoms with Crippen molar-refractivity contribution in [3.05, 3.63) is 83.4 Å². The van der Waals surface area contributed by atoms with Gasteiger partial charge in [-0.2, -0.15) is 5.10 Å². The molecule has 4 rings (SSSR count). The SMILES string of the molecule is CCOC(=O)/C(Cc1ccc2ccccc2c1)=N\N[C@@H]1CCc2ccccc2C1=O. The fourth-order valence-electron chi connectivity index (χ4n) is 3.79. The zero-order valence-electron chi connectivity index (χ0n) is 16.9. The number of nitrogens with zero attached hydrogens (tertiary/aromatic N) is 1. The van der Waals surface area contributed by atoms with Crippen LogP contribution < -0.4 is 5.43 Å². The summed E-state index contributed by atoms with van der Waals surface area (Å²) in [6.45, 7) is 2.03. The lowest BCUT2D eigenvalue weighted by molar-refractivity contribution is -0.135. The molecule has 0 bridgehead atoms. The molecule has 0 aromatic heterocycles. The maximum absolute atomic E-state index is 12.8. The lowest BCUT2D eigenvalue weighted by atomic mass is 9.87. The molecule has 1 aliphatic rings. The van der Waals surface area contributed by atoms with Gasteiger partial charge in [0.2, 0.25) is 0 Å². The second kappa shape index (κ2) is 8.91. The summed E-state index contributed by atoms with van der Waals surface area (Å²) in [6.07, 6.45) is 1.77. The van der Waals surface area contributed by atoms with Crippen molar-refractivity contribution in [3.8, 4) is 0 Å². The van der Waals surface area contributed by atoms with Crippen LogP contribution in [0.4, 0.5) is 0 Å². The standard InChI is InChI=1S/C25H24N2O3/c1-2-30-25(29)23(16-17-11-12-18-7-3-4-9-20(18)15-17)27-26-22-14-13-19-8-5-6-10-21(19)24(22)28/h3-12,15,22,26H,2,13-14,16H2,1H3/b27-23-/t22-/m1/s1. The summed E-state index contributed by atoms with van der Waals surface area (Å²) in [4.78, 5) is 25.3. The van der Waals surface area contributed by atoms with E-state index in [0.717, 1.165) is 33.9 Å². The van der Waals surface area contributed by atoms with Crippen LogP contribution in [0.25, 0.3) is 10.8 Å². The van der Waals surface area contributed by atoms with Gasteiger partial charge in [0.05, 0.1) is 6.61 Å². The third-order valence-corrected chi connectivity index (χ3v) is 5.35. The highest BCUT2D eigenvalue weighted by molar-refractivity contribution is 6.37. The van der Waals surface area contributed by atoms with Crippen LogP contribution in [0.2, 0.25) is 0 Å². The van der Waals surface area contributed by atoms with Crippen LogP contribution in [-0.2, 0) is 22.4 Å². The van der Waals surface area contributed by atoms with Crippen LogP contribution >= 0.6 is 0 Å². The molecule has 0 radical (unpaired) electrons. The molecule has 0 spiro atoms. The maximum atomic E-state index is 12.8. The van der Waals surface area contributed by atoms with E-state index >= 15 is 0 Å². The van der Waals surface area contributed by atoms with Gasteiger partial charge in [0.1, 0.15) is 11.8 Å². The van der Waals surface area contributed by atoms with Gasteiger partial charge in [0, 0.05) is 12.0 Å². The molecule has 152 valence electrons. The molecule has 3 aromatic carbocycles. The van der Waals surface area contributed by atoms with Crippen LogP contribution in [0.3, 0.4) is 0 Å². The average Bonchev–Trinajstić information content (AvgIpc) is 2.78. The summed E-state index contributed by atoms with van der Waals surface area (Å²) in [5.41, 5.74) is 5.96. The van der Waals surface area contributed by atoms with E-state index in [1.54, 1.807) is 6.92 Å². The number of esters is 1. The van der Waals surface area contributed by atoms with E-state index in [-0.39, 0.29) is 18.1 Å². The second-order valence-electron chi connectivity index (χ2n) is 7.38. The molecule has 1 atom stereocenters. The number of aryl methyl sites for hydroxylation is 1. The van der Waals surface area contributed by atoms with Gasteiger partial charge in [0.25, 0.3) is 0 Å². The van der Waals surface area contributed by atoms with E-state index in [1.165, 1.54) is 0 Å². The molecular formula is C25H24N2O3. The number of hydrazone groups is 1. The molecule has 0 unspecified atom stereocenters. The Balaban J connectivity index is 1.55. The van der Waals surface area contributed by atoms with Crippen molar-refractivity contribution in [2.45, 2.75) is 32.2 Å². The Morgan fingerprint density at radius 3 is 2.67 bits per heavy atom. The Bertz CT molecular complexity index is 1120. The van der Waals surface area contributed by atoms with Crippen LogP contribution in [0.5, 0.6) is 0 Å². The minimum absolute atomic E-state index is 0.00881. The van der Waals surface area contributed by atoms with Crippen molar-refractivity contribution >= 4 is 28.2 Å². The Labute approximate surface area is 175 Å². The van der Waals surface area contributed by atoms with Crippen molar-refractivity contribution in [3.63, 3.8) is 0 Å². The van der Waals surface area contributed by atoms with Crippen molar-refractivity contribution in [1.82, 2.24) is 5.43 Å². The summed E-state index contributed by atoms with van der Waals surface area (Å²) >= 11 is 0. The van der Waals surface area contributed by atoms with E-state index in [4.69, 9.17) is 4.74 Å². The minimum atomic E-state index is -0.471. The van der Waals surface area contributed by atoms with E-state index < -0.39 is 12.0 Å². The smallest absolute Gasteiger partial charge is 0.354 e. The first-order chi connectivity index (χ1) is 14.7. The highest BCUT2D eigenvalue weighted by atomic mass is 16.5. The van der Waals surface area contributed by atoms with Crippen molar-refractivity contribution in [2.75, 3.05) is 6.61 Å². The number of hydrogen-bond acceptors (Lipinski definition) is 5. The van der Waals surface area contributed by atoms with Gasteiger partial charge >= 0.3 is 5.97 Å². The molecule has 0 amide bonds. The fraction of sp³-hybridized carbons (Fsp3) is 0.240. The number of ether oxygens (including phenoxy) is 1. The van der Waals surface area contributed by atoms with Gasteiger partial charge < -0.3 is 4.74 Å². The Hall–Kier alpha value is -3.47. The number of ketones is 1. The lowest BCUT2D eigenvalue weighted by Gasteiger charge is -2.23. The molecular weight excluding hydrogens is 376 g/mol. The van der Waals surface area contributed by atoms with Crippen LogP contribution in [0.1, 0.15) is 34.8 Å². The Morgan fingerprint density at radius 2 is 1.83 bits per heavy atom. The van der Waals surface area contributed by atoms with Gasteiger partial charge in [-0.1, -0.05) is 66.7 Å². The highest BCUT2D eigenvalue weighted by Gasteiger charge is 2.27. The topological polar surface area (TPSA) is 67.8 Å².